The molecule has 0 radical (unpaired) electrons. The van der Waals surface area contributed by atoms with Gasteiger partial charge in [0.05, 0.1) is 13.3 Å². The van der Waals surface area contributed by atoms with Crippen molar-refractivity contribution in [3.8, 4) is 5.75 Å². The van der Waals surface area contributed by atoms with Crippen LogP contribution in [0.25, 0.3) is 6.20 Å². The Hall–Kier alpha value is -2.07. The molecule has 2 aromatic rings. The van der Waals surface area contributed by atoms with E-state index in [1.54, 1.807) is 18.0 Å². The molecule has 0 aliphatic carbocycles. The van der Waals surface area contributed by atoms with Crippen LogP contribution in [0.3, 0.4) is 0 Å². The van der Waals surface area contributed by atoms with Crippen molar-refractivity contribution in [2.75, 3.05) is 13.7 Å². The van der Waals surface area contributed by atoms with Gasteiger partial charge in [0.1, 0.15) is 5.75 Å². The molecule has 0 aliphatic rings. The standard InChI is InChI=1S/C15H19N3O/c1-3-18-12-13(11-17-18)10-16-9-8-14-6-4-5-7-15(14)19-2/h3-7,11-12,16H,1,8-10H2,2H3. The number of nitrogens with zero attached hydrogens (tertiary/aromatic N) is 2. The van der Waals surface area contributed by atoms with Gasteiger partial charge in [-0.25, -0.2) is 4.68 Å². The summed E-state index contributed by atoms with van der Waals surface area (Å²) in [5.74, 6) is 0.948. The van der Waals surface area contributed by atoms with Crippen molar-refractivity contribution >= 4 is 6.20 Å². The molecule has 1 heterocycles. The lowest BCUT2D eigenvalue weighted by atomic mass is 10.1. The summed E-state index contributed by atoms with van der Waals surface area (Å²) in [6.45, 7) is 5.38. The van der Waals surface area contributed by atoms with E-state index in [1.807, 2.05) is 30.6 Å². The summed E-state index contributed by atoms with van der Waals surface area (Å²) in [6, 6.07) is 8.10. The van der Waals surface area contributed by atoms with Crippen molar-refractivity contribution in [1.29, 1.82) is 0 Å². The van der Waals surface area contributed by atoms with Gasteiger partial charge in [-0.3, -0.25) is 0 Å². The number of hydrogen-bond acceptors (Lipinski definition) is 3. The Morgan fingerprint density at radius 3 is 3.00 bits per heavy atom. The van der Waals surface area contributed by atoms with Crippen LogP contribution in [0.5, 0.6) is 5.75 Å². The lowest BCUT2D eigenvalue weighted by molar-refractivity contribution is 0.409. The number of ether oxygens (including phenoxy) is 1. The molecule has 0 bridgehead atoms. The highest BCUT2D eigenvalue weighted by Crippen LogP contribution is 2.17. The summed E-state index contributed by atoms with van der Waals surface area (Å²) in [6.07, 6.45) is 6.43. The van der Waals surface area contributed by atoms with E-state index < -0.39 is 0 Å². The van der Waals surface area contributed by atoms with Crippen LogP contribution in [0, 0.1) is 0 Å². The molecule has 0 unspecified atom stereocenters. The van der Waals surface area contributed by atoms with Crippen molar-refractivity contribution < 1.29 is 4.74 Å². The average molecular weight is 257 g/mol. The predicted octanol–water partition coefficient (Wildman–Crippen LogP) is 2.32. The number of aromatic nitrogens is 2. The van der Waals surface area contributed by atoms with Gasteiger partial charge < -0.3 is 10.1 Å². The van der Waals surface area contributed by atoms with Gasteiger partial charge in [0.25, 0.3) is 0 Å². The number of rotatable bonds is 7. The topological polar surface area (TPSA) is 39.1 Å². The van der Waals surface area contributed by atoms with E-state index in [2.05, 4.69) is 23.1 Å². The van der Waals surface area contributed by atoms with E-state index in [0.717, 1.165) is 30.8 Å². The average Bonchev–Trinajstić information content (AvgIpc) is 2.92. The molecule has 1 aromatic heterocycles. The van der Waals surface area contributed by atoms with Crippen LogP contribution in [0.1, 0.15) is 11.1 Å². The lowest BCUT2D eigenvalue weighted by Crippen LogP contribution is -2.16. The molecule has 0 aliphatic heterocycles. The maximum atomic E-state index is 5.33. The minimum atomic E-state index is 0.809. The van der Waals surface area contributed by atoms with Gasteiger partial charge in [-0.15, -0.1) is 0 Å². The molecule has 1 aromatic carbocycles. The first-order valence-corrected chi connectivity index (χ1v) is 6.31. The van der Waals surface area contributed by atoms with Crippen LogP contribution >= 0.6 is 0 Å². The number of benzene rings is 1. The number of nitrogens with one attached hydrogen (secondary N) is 1. The van der Waals surface area contributed by atoms with E-state index in [-0.39, 0.29) is 0 Å². The van der Waals surface area contributed by atoms with Crippen molar-refractivity contribution in [2.24, 2.45) is 0 Å². The molecule has 0 saturated heterocycles. The van der Waals surface area contributed by atoms with Gasteiger partial charge in [-0.05, 0) is 24.6 Å². The summed E-state index contributed by atoms with van der Waals surface area (Å²) in [7, 11) is 1.70. The third kappa shape index (κ3) is 3.69. The van der Waals surface area contributed by atoms with Gasteiger partial charge in [0.15, 0.2) is 0 Å². The predicted molar refractivity (Wildman–Crippen MR) is 77.0 cm³/mol. The van der Waals surface area contributed by atoms with Crippen molar-refractivity contribution in [1.82, 2.24) is 15.1 Å². The number of hydrogen-bond donors (Lipinski definition) is 1. The number of para-hydroxylation sites is 1. The molecule has 0 atom stereocenters. The van der Waals surface area contributed by atoms with Crippen LogP contribution in [0.15, 0.2) is 43.2 Å². The largest absolute Gasteiger partial charge is 0.496 e. The first kappa shape index (κ1) is 13.4. The second kappa shape index (κ2) is 6.75. The Balaban J connectivity index is 1.79. The Morgan fingerprint density at radius 1 is 1.42 bits per heavy atom. The van der Waals surface area contributed by atoms with Gasteiger partial charge in [0.2, 0.25) is 0 Å². The molecule has 4 nitrogen and oxygen atoms in total. The molecule has 1 N–H and O–H groups in total. The Kier molecular flexibility index (Phi) is 4.75. The molecule has 2 rings (SSSR count). The molecular formula is C15H19N3O. The summed E-state index contributed by atoms with van der Waals surface area (Å²) in [4.78, 5) is 0. The second-order valence-corrected chi connectivity index (χ2v) is 4.25. The van der Waals surface area contributed by atoms with E-state index in [9.17, 15) is 0 Å². The zero-order chi connectivity index (χ0) is 13.5. The van der Waals surface area contributed by atoms with E-state index >= 15 is 0 Å². The molecule has 4 heteroatoms. The highest BCUT2D eigenvalue weighted by atomic mass is 16.5. The lowest BCUT2D eigenvalue weighted by Gasteiger charge is -2.08. The Labute approximate surface area is 113 Å². The van der Waals surface area contributed by atoms with Crippen molar-refractivity contribution in [2.45, 2.75) is 13.0 Å². The van der Waals surface area contributed by atoms with E-state index in [4.69, 9.17) is 4.74 Å². The third-order valence-corrected chi connectivity index (χ3v) is 2.93. The van der Waals surface area contributed by atoms with Crippen molar-refractivity contribution in [3.63, 3.8) is 0 Å². The first-order chi connectivity index (χ1) is 9.33. The molecule has 0 spiro atoms. The van der Waals surface area contributed by atoms with E-state index in [0.29, 0.717) is 0 Å². The zero-order valence-corrected chi connectivity index (χ0v) is 11.2. The quantitative estimate of drug-likeness (QED) is 0.774. The van der Waals surface area contributed by atoms with Crippen molar-refractivity contribution in [3.05, 3.63) is 54.4 Å². The highest BCUT2D eigenvalue weighted by Gasteiger charge is 2.01. The number of methoxy groups -OCH3 is 1. The normalized spacial score (nSPS) is 10.4. The molecule has 0 fully saturated rings. The fourth-order valence-corrected chi connectivity index (χ4v) is 1.93. The van der Waals surface area contributed by atoms with Crippen LogP contribution in [0.4, 0.5) is 0 Å². The maximum absolute atomic E-state index is 5.33. The highest BCUT2D eigenvalue weighted by molar-refractivity contribution is 5.33. The zero-order valence-electron chi connectivity index (χ0n) is 11.2. The summed E-state index contributed by atoms with van der Waals surface area (Å²) >= 11 is 0. The molecule has 0 saturated carbocycles. The smallest absolute Gasteiger partial charge is 0.122 e. The fraction of sp³-hybridized carbons (Fsp3) is 0.267. The SMILES string of the molecule is C=Cn1cc(CNCCc2ccccc2OC)cn1. The van der Waals surface area contributed by atoms with Gasteiger partial charge >= 0.3 is 0 Å². The second-order valence-electron chi connectivity index (χ2n) is 4.25. The van der Waals surface area contributed by atoms with Crippen LogP contribution in [-0.4, -0.2) is 23.4 Å². The van der Waals surface area contributed by atoms with Gasteiger partial charge in [-0.2, -0.15) is 5.10 Å². The monoisotopic (exact) mass is 257 g/mol. The van der Waals surface area contributed by atoms with Crippen LogP contribution < -0.4 is 10.1 Å². The first-order valence-electron chi connectivity index (χ1n) is 6.31. The summed E-state index contributed by atoms with van der Waals surface area (Å²) < 4.78 is 7.03. The summed E-state index contributed by atoms with van der Waals surface area (Å²) in [5, 5.41) is 7.53. The minimum absolute atomic E-state index is 0.809. The molecule has 100 valence electrons. The van der Waals surface area contributed by atoms with E-state index in [1.165, 1.54) is 5.56 Å². The Bertz CT molecular complexity index is 534. The molecular weight excluding hydrogens is 238 g/mol. The molecule has 0 amide bonds. The maximum Gasteiger partial charge on any atom is 0.122 e. The van der Waals surface area contributed by atoms with Gasteiger partial charge in [-0.1, -0.05) is 24.8 Å². The Morgan fingerprint density at radius 2 is 2.26 bits per heavy atom. The van der Waals surface area contributed by atoms with Crippen LogP contribution in [0.2, 0.25) is 0 Å². The fourth-order valence-electron chi connectivity index (χ4n) is 1.93. The van der Waals surface area contributed by atoms with Gasteiger partial charge in [0, 0.05) is 24.5 Å². The summed E-state index contributed by atoms with van der Waals surface area (Å²) in [5.41, 5.74) is 2.37. The van der Waals surface area contributed by atoms with Crippen LogP contribution in [-0.2, 0) is 13.0 Å². The third-order valence-electron chi connectivity index (χ3n) is 2.93. The minimum Gasteiger partial charge on any atom is -0.496 e. The molecule has 19 heavy (non-hydrogen) atoms.